The molecule has 0 saturated heterocycles. The third-order valence-electron chi connectivity index (χ3n) is 3.27. The number of anilines is 1. The first-order valence-electron chi connectivity index (χ1n) is 7.11. The molecule has 0 aliphatic rings. The number of nitrogens with one attached hydrogen (secondary N) is 2. The Kier molecular flexibility index (Phi) is 6.05. The number of thiocarbonyl (C=S) groups is 1. The fourth-order valence-electron chi connectivity index (χ4n) is 2.00. The average Bonchev–Trinajstić information content (AvgIpc) is 2.60. The number of hydrogen-bond acceptors (Lipinski definition) is 5. The van der Waals surface area contributed by atoms with Gasteiger partial charge in [-0.05, 0) is 42.0 Å². The minimum Gasteiger partial charge on any atom is -0.497 e. The lowest BCUT2D eigenvalue weighted by Crippen LogP contribution is -2.32. The van der Waals surface area contributed by atoms with Crippen LogP contribution < -0.4 is 15.4 Å². The largest absolute Gasteiger partial charge is 0.497 e. The summed E-state index contributed by atoms with van der Waals surface area (Å²) in [6.45, 7) is 0.174. The third kappa shape index (κ3) is 4.90. The monoisotopic (exact) mass is 347 g/mol. The van der Waals surface area contributed by atoms with Crippen molar-refractivity contribution in [3.8, 4) is 5.75 Å². The molecule has 8 heteroatoms. The fourth-order valence-corrected chi connectivity index (χ4v) is 2.20. The Balaban J connectivity index is 1.87. The standard InChI is InChI=1S/C16H17N3O4S/c1-23-14-4-2-3-12(9-14)18-16(24)17-10-15(20)11-5-7-13(8-6-11)19(21)22/h2-9,15,20H,10H2,1H3,(H2,17,18,24). The van der Waals surface area contributed by atoms with Crippen molar-refractivity contribution in [1.82, 2.24) is 5.32 Å². The summed E-state index contributed by atoms with van der Waals surface area (Å²) in [6.07, 6.45) is -0.837. The van der Waals surface area contributed by atoms with Gasteiger partial charge in [-0.15, -0.1) is 0 Å². The van der Waals surface area contributed by atoms with Crippen LogP contribution in [0.25, 0.3) is 0 Å². The molecule has 0 heterocycles. The predicted octanol–water partition coefficient (Wildman–Crippen LogP) is 2.62. The van der Waals surface area contributed by atoms with E-state index >= 15 is 0 Å². The molecule has 1 atom stereocenters. The van der Waals surface area contributed by atoms with Gasteiger partial charge in [0.1, 0.15) is 5.75 Å². The van der Waals surface area contributed by atoms with Crippen molar-refractivity contribution >= 4 is 28.7 Å². The molecule has 0 aliphatic carbocycles. The second-order valence-corrected chi connectivity index (χ2v) is 5.34. The highest BCUT2D eigenvalue weighted by Gasteiger charge is 2.11. The number of methoxy groups -OCH3 is 1. The molecule has 0 radical (unpaired) electrons. The van der Waals surface area contributed by atoms with E-state index in [9.17, 15) is 15.2 Å². The molecular weight excluding hydrogens is 330 g/mol. The molecule has 0 fully saturated rings. The van der Waals surface area contributed by atoms with Crippen LogP contribution in [0, 0.1) is 10.1 Å². The van der Waals surface area contributed by atoms with Gasteiger partial charge in [-0.3, -0.25) is 10.1 Å². The number of rotatable bonds is 6. The van der Waals surface area contributed by atoms with Crippen molar-refractivity contribution in [2.45, 2.75) is 6.10 Å². The molecule has 2 aromatic rings. The first-order chi connectivity index (χ1) is 11.5. The van der Waals surface area contributed by atoms with Crippen molar-refractivity contribution < 1.29 is 14.8 Å². The minimum atomic E-state index is -0.837. The molecule has 1 unspecified atom stereocenters. The van der Waals surface area contributed by atoms with Gasteiger partial charge in [-0.2, -0.15) is 0 Å². The van der Waals surface area contributed by atoms with Crippen molar-refractivity contribution in [3.05, 3.63) is 64.2 Å². The van der Waals surface area contributed by atoms with Crippen LogP contribution in [0.1, 0.15) is 11.7 Å². The summed E-state index contributed by atoms with van der Waals surface area (Å²) in [5.41, 5.74) is 1.31. The van der Waals surface area contributed by atoms with Crippen LogP contribution in [0.15, 0.2) is 48.5 Å². The number of hydrogen-bond donors (Lipinski definition) is 3. The zero-order valence-corrected chi connectivity index (χ0v) is 13.7. The van der Waals surface area contributed by atoms with Gasteiger partial charge in [0, 0.05) is 30.4 Å². The van der Waals surface area contributed by atoms with E-state index in [0.29, 0.717) is 16.4 Å². The molecule has 0 bridgehead atoms. The van der Waals surface area contributed by atoms with Crippen LogP contribution in [0.3, 0.4) is 0 Å². The highest BCUT2D eigenvalue weighted by Crippen LogP contribution is 2.18. The van der Waals surface area contributed by atoms with Crippen molar-refractivity contribution in [3.63, 3.8) is 0 Å². The number of nitrogens with zero attached hydrogens (tertiary/aromatic N) is 1. The Hall–Kier alpha value is -2.71. The summed E-state index contributed by atoms with van der Waals surface area (Å²) in [5.74, 6) is 0.703. The SMILES string of the molecule is COc1cccc(NC(=S)NCC(O)c2ccc([N+](=O)[O-])cc2)c1. The number of aliphatic hydroxyl groups excluding tert-OH is 1. The van der Waals surface area contributed by atoms with E-state index in [-0.39, 0.29) is 12.2 Å². The normalized spacial score (nSPS) is 11.4. The van der Waals surface area contributed by atoms with E-state index in [2.05, 4.69) is 10.6 Å². The Morgan fingerprint density at radius 1 is 1.33 bits per heavy atom. The minimum absolute atomic E-state index is 0.0193. The van der Waals surface area contributed by atoms with Gasteiger partial charge in [-0.1, -0.05) is 6.07 Å². The summed E-state index contributed by atoms with van der Waals surface area (Å²) in [6, 6.07) is 13.0. The van der Waals surface area contributed by atoms with Crippen LogP contribution in [-0.4, -0.2) is 28.8 Å². The van der Waals surface area contributed by atoms with Gasteiger partial charge in [0.15, 0.2) is 5.11 Å². The van der Waals surface area contributed by atoms with Gasteiger partial charge >= 0.3 is 0 Å². The summed E-state index contributed by atoms with van der Waals surface area (Å²) in [4.78, 5) is 10.1. The second kappa shape index (κ2) is 8.23. The van der Waals surface area contributed by atoms with Gasteiger partial charge in [-0.25, -0.2) is 0 Å². The van der Waals surface area contributed by atoms with Gasteiger partial charge in [0.25, 0.3) is 5.69 Å². The lowest BCUT2D eigenvalue weighted by molar-refractivity contribution is -0.384. The molecular formula is C16H17N3O4S. The van der Waals surface area contributed by atoms with Gasteiger partial charge in [0.05, 0.1) is 18.1 Å². The first-order valence-corrected chi connectivity index (χ1v) is 7.51. The number of non-ortho nitro benzene ring substituents is 1. The Labute approximate surface area is 144 Å². The van der Waals surface area contributed by atoms with Gasteiger partial charge < -0.3 is 20.5 Å². The summed E-state index contributed by atoms with van der Waals surface area (Å²) < 4.78 is 5.13. The molecule has 126 valence electrons. The number of nitro benzene ring substituents is 1. The Bertz CT molecular complexity index is 722. The molecule has 0 amide bonds. The predicted molar refractivity (Wildman–Crippen MR) is 95.3 cm³/mol. The summed E-state index contributed by atoms with van der Waals surface area (Å²) in [7, 11) is 1.58. The van der Waals surface area contributed by atoms with Gasteiger partial charge in [0.2, 0.25) is 0 Å². The molecule has 24 heavy (non-hydrogen) atoms. The lowest BCUT2D eigenvalue weighted by Gasteiger charge is -2.15. The van der Waals surface area contributed by atoms with Crippen molar-refractivity contribution in [2.24, 2.45) is 0 Å². The zero-order valence-electron chi connectivity index (χ0n) is 12.9. The van der Waals surface area contributed by atoms with E-state index in [1.54, 1.807) is 13.2 Å². The van der Waals surface area contributed by atoms with Crippen LogP contribution in [0.5, 0.6) is 5.75 Å². The van der Waals surface area contributed by atoms with Crippen LogP contribution in [-0.2, 0) is 0 Å². The van der Waals surface area contributed by atoms with E-state index in [1.807, 2.05) is 18.2 Å². The average molecular weight is 347 g/mol. The van der Waals surface area contributed by atoms with Crippen LogP contribution in [0.2, 0.25) is 0 Å². The molecule has 0 aliphatic heterocycles. The first kappa shape index (κ1) is 17.6. The van der Waals surface area contributed by atoms with E-state index in [1.165, 1.54) is 24.3 Å². The Morgan fingerprint density at radius 3 is 2.67 bits per heavy atom. The van der Waals surface area contributed by atoms with E-state index in [4.69, 9.17) is 17.0 Å². The Morgan fingerprint density at radius 2 is 2.04 bits per heavy atom. The number of aliphatic hydroxyl groups is 1. The molecule has 7 nitrogen and oxygen atoms in total. The second-order valence-electron chi connectivity index (χ2n) is 4.93. The topological polar surface area (TPSA) is 96.7 Å². The molecule has 2 rings (SSSR count). The molecule has 0 saturated carbocycles. The van der Waals surface area contributed by atoms with Crippen molar-refractivity contribution in [2.75, 3.05) is 19.0 Å². The lowest BCUT2D eigenvalue weighted by atomic mass is 10.1. The zero-order chi connectivity index (χ0) is 17.5. The third-order valence-corrected chi connectivity index (χ3v) is 3.52. The summed E-state index contributed by atoms with van der Waals surface area (Å²) in [5, 5.41) is 27.0. The maximum absolute atomic E-state index is 10.6. The fraction of sp³-hybridized carbons (Fsp3) is 0.188. The highest BCUT2D eigenvalue weighted by molar-refractivity contribution is 7.80. The maximum Gasteiger partial charge on any atom is 0.269 e. The van der Waals surface area contributed by atoms with Crippen LogP contribution >= 0.6 is 12.2 Å². The molecule has 2 aromatic carbocycles. The van der Waals surface area contributed by atoms with E-state index < -0.39 is 11.0 Å². The van der Waals surface area contributed by atoms with Crippen molar-refractivity contribution in [1.29, 1.82) is 0 Å². The quantitative estimate of drug-likeness (QED) is 0.420. The molecule has 3 N–H and O–H groups in total. The highest BCUT2D eigenvalue weighted by atomic mass is 32.1. The number of ether oxygens (including phenoxy) is 1. The number of benzene rings is 2. The smallest absolute Gasteiger partial charge is 0.269 e. The van der Waals surface area contributed by atoms with E-state index in [0.717, 1.165) is 5.69 Å². The molecule has 0 spiro atoms. The number of nitro groups is 1. The maximum atomic E-state index is 10.6. The molecule has 0 aromatic heterocycles. The van der Waals surface area contributed by atoms with Crippen LogP contribution in [0.4, 0.5) is 11.4 Å². The summed E-state index contributed by atoms with van der Waals surface area (Å²) >= 11 is 5.18.